The van der Waals surface area contributed by atoms with E-state index in [0.717, 1.165) is 0 Å². The number of carboxylic acid groups (broad SMARTS) is 1. The van der Waals surface area contributed by atoms with Crippen LogP contribution in [0.1, 0.15) is 23.7 Å². The van der Waals surface area contributed by atoms with E-state index in [-0.39, 0.29) is 11.3 Å². The highest BCUT2D eigenvalue weighted by molar-refractivity contribution is 5.89. The van der Waals surface area contributed by atoms with Crippen LogP contribution in [-0.2, 0) is 4.74 Å². The zero-order chi connectivity index (χ0) is 15.6. The number of rotatable bonds is 3. The number of non-ortho nitro benzene ring substituents is 1. The summed E-state index contributed by atoms with van der Waals surface area (Å²) in [5.41, 5.74) is 0.0828. The van der Waals surface area contributed by atoms with Crippen molar-refractivity contribution >= 4 is 17.7 Å². The molecule has 1 aromatic rings. The summed E-state index contributed by atoms with van der Waals surface area (Å²) in [4.78, 5) is 34.1. The van der Waals surface area contributed by atoms with E-state index in [4.69, 9.17) is 9.84 Å². The number of carbonyl (C=O) groups excluding carboxylic acids is 1. The third kappa shape index (κ3) is 3.10. The highest BCUT2D eigenvalue weighted by atomic mass is 16.6. The molecule has 1 aliphatic rings. The number of esters is 1. The van der Waals surface area contributed by atoms with Crippen molar-refractivity contribution < 1.29 is 24.4 Å². The zero-order valence-electron chi connectivity index (χ0n) is 11.3. The lowest BCUT2D eigenvalue weighted by Gasteiger charge is -2.21. The number of likely N-dealkylation sites (tertiary alicyclic amines) is 1. The van der Waals surface area contributed by atoms with Gasteiger partial charge in [-0.05, 0) is 19.1 Å². The van der Waals surface area contributed by atoms with E-state index in [9.17, 15) is 19.7 Å². The van der Waals surface area contributed by atoms with E-state index in [2.05, 4.69) is 0 Å². The molecule has 1 aromatic carbocycles. The quantitative estimate of drug-likeness (QED) is 0.518. The third-order valence-corrected chi connectivity index (χ3v) is 3.50. The van der Waals surface area contributed by atoms with Crippen LogP contribution in [0.3, 0.4) is 0 Å². The van der Waals surface area contributed by atoms with Crippen molar-refractivity contribution in [2.45, 2.75) is 25.5 Å². The minimum absolute atomic E-state index is 0.113. The van der Waals surface area contributed by atoms with Crippen LogP contribution < -0.4 is 0 Å². The van der Waals surface area contributed by atoms with Crippen LogP contribution >= 0.6 is 0 Å². The SMILES string of the molecule is C[C@H]1[C@H](OC(=O)c2ccc([N+](=O)[O-])cc2)CCN1C(=O)O. The fourth-order valence-electron chi connectivity index (χ4n) is 2.26. The van der Waals surface area contributed by atoms with Gasteiger partial charge in [-0.25, -0.2) is 9.59 Å². The molecular weight excluding hydrogens is 280 g/mol. The molecule has 1 fully saturated rings. The van der Waals surface area contributed by atoms with Gasteiger partial charge in [0.2, 0.25) is 0 Å². The fraction of sp³-hybridized carbons (Fsp3) is 0.385. The number of benzene rings is 1. The summed E-state index contributed by atoms with van der Waals surface area (Å²) in [5.74, 6) is -0.617. The van der Waals surface area contributed by atoms with Crippen molar-refractivity contribution in [2.24, 2.45) is 0 Å². The predicted octanol–water partition coefficient (Wildman–Crippen LogP) is 1.89. The molecule has 0 radical (unpaired) electrons. The molecule has 0 bridgehead atoms. The molecule has 0 spiro atoms. The number of hydrogen-bond donors (Lipinski definition) is 1. The van der Waals surface area contributed by atoms with Crippen LogP contribution in [-0.4, -0.2) is 45.7 Å². The second-order valence-electron chi connectivity index (χ2n) is 4.75. The van der Waals surface area contributed by atoms with Crippen molar-refractivity contribution in [1.29, 1.82) is 0 Å². The van der Waals surface area contributed by atoms with Crippen LogP contribution in [0.2, 0.25) is 0 Å². The van der Waals surface area contributed by atoms with Gasteiger partial charge >= 0.3 is 12.1 Å². The molecule has 0 aromatic heterocycles. The van der Waals surface area contributed by atoms with Crippen molar-refractivity contribution in [2.75, 3.05) is 6.54 Å². The number of amides is 1. The molecule has 0 saturated carbocycles. The molecule has 112 valence electrons. The monoisotopic (exact) mass is 294 g/mol. The summed E-state index contributed by atoms with van der Waals surface area (Å²) in [6.45, 7) is 1.99. The maximum Gasteiger partial charge on any atom is 0.407 e. The normalized spacial score (nSPS) is 21.1. The van der Waals surface area contributed by atoms with E-state index in [1.54, 1.807) is 6.92 Å². The van der Waals surface area contributed by atoms with Gasteiger partial charge in [0.15, 0.2) is 0 Å². The van der Waals surface area contributed by atoms with E-state index in [0.29, 0.717) is 13.0 Å². The average Bonchev–Trinajstić information content (AvgIpc) is 2.80. The molecule has 1 amide bonds. The van der Waals surface area contributed by atoms with E-state index in [1.807, 2.05) is 0 Å². The Morgan fingerprint density at radius 1 is 1.38 bits per heavy atom. The first-order valence-electron chi connectivity index (χ1n) is 6.35. The molecular formula is C13H14N2O6. The van der Waals surface area contributed by atoms with Gasteiger partial charge in [0.1, 0.15) is 6.10 Å². The van der Waals surface area contributed by atoms with Gasteiger partial charge in [-0.2, -0.15) is 0 Å². The average molecular weight is 294 g/mol. The van der Waals surface area contributed by atoms with Crippen LogP contribution in [0.5, 0.6) is 0 Å². The molecule has 1 N–H and O–H groups in total. The smallest absolute Gasteiger partial charge is 0.407 e. The Labute approximate surface area is 120 Å². The first-order chi connectivity index (χ1) is 9.90. The first-order valence-corrected chi connectivity index (χ1v) is 6.35. The Kier molecular flexibility index (Phi) is 4.06. The Hall–Kier alpha value is -2.64. The standard InChI is InChI=1S/C13H14N2O6/c1-8-11(6-7-14(8)13(17)18)21-12(16)9-2-4-10(5-3-9)15(19)20/h2-5,8,11H,6-7H2,1H3,(H,17,18)/t8-,11+/m0/s1. The Bertz CT molecular complexity index is 571. The highest BCUT2D eigenvalue weighted by Gasteiger charge is 2.36. The zero-order valence-corrected chi connectivity index (χ0v) is 11.3. The van der Waals surface area contributed by atoms with Crippen molar-refractivity contribution in [3.8, 4) is 0 Å². The topological polar surface area (TPSA) is 110 Å². The summed E-state index contributed by atoms with van der Waals surface area (Å²) in [7, 11) is 0. The van der Waals surface area contributed by atoms with Crippen LogP contribution in [0.15, 0.2) is 24.3 Å². The number of nitrogens with zero attached hydrogens (tertiary/aromatic N) is 2. The molecule has 1 saturated heterocycles. The number of carbonyl (C=O) groups is 2. The highest BCUT2D eigenvalue weighted by Crippen LogP contribution is 2.22. The first kappa shape index (κ1) is 14.8. The van der Waals surface area contributed by atoms with Crippen LogP contribution in [0, 0.1) is 10.1 Å². The minimum Gasteiger partial charge on any atom is -0.465 e. The molecule has 0 unspecified atom stereocenters. The lowest BCUT2D eigenvalue weighted by atomic mass is 10.2. The molecule has 8 nitrogen and oxygen atoms in total. The van der Waals surface area contributed by atoms with Gasteiger partial charge in [-0.1, -0.05) is 0 Å². The Morgan fingerprint density at radius 2 is 2.00 bits per heavy atom. The second-order valence-corrected chi connectivity index (χ2v) is 4.75. The molecule has 8 heteroatoms. The minimum atomic E-state index is -1.05. The van der Waals surface area contributed by atoms with Gasteiger partial charge in [-0.15, -0.1) is 0 Å². The lowest BCUT2D eigenvalue weighted by molar-refractivity contribution is -0.384. The summed E-state index contributed by atoms with van der Waals surface area (Å²) >= 11 is 0. The number of nitro benzene ring substituents is 1. The van der Waals surface area contributed by atoms with Crippen LogP contribution in [0.4, 0.5) is 10.5 Å². The third-order valence-electron chi connectivity index (χ3n) is 3.50. The van der Waals surface area contributed by atoms with Crippen molar-refractivity contribution in [3.05, 3.63) is 39.9 Å². The van der Waals surface area contributed by atoms with E-state index < -0.39 is 29.1 Å². The van der Waals surface area contributed by atoms with Gasteiger partial charge in [-0.3, -0.25) is 10.1 Å². The molecule has 2 rings (SSSR count). The van der Waals surface area contributed by atoms with Crippen LogP contribution in [0.25, 0.3) is 0 Å². The Morgan fingerprint density at radius 3 is 2.48 bits per heavy atom. The fourth-order valence-corrected chi connectivity index (χ4v) is 2.26. The molecule has 1 heterocycles. The summed E-state index contributed by atoms with van der Waals surface area (Å²) < 4.78 is 5.28. The van der Waals surface area contributed by atoms with Gasteiger partial charge in [0, 0.05) is 25.1 Å². The summed E-state index contributed by atoms with van der Waals surface area (Å²) in [6, 6.07) is 4.66. The van der Waals surface area contributed by atoms with Gasteiger partial charge in [0.05, 0.1) is 16.5 Å². The van der Waals surface area contributed by atoms with Gasteiger partial charge < -0.3 is 14.7 Å². The summed E-state index contributed by atoms with van der Waals surface area (Å²) in [6.07, 6.45) is -1.12. The summed E-state index contributed by atoms with van der Waals surface area (Å²) in [5, 5.41) is 19.5. The van der Waals surface area contributed by atoms with Gasteiger partial charge in [0.25, 0.3) is 5.69 Å². The number of nitro groups is 1. The maximum atomic E-state index is 11.9. The van der Waals surface area contributed by atoms with E-state index >= 15 is 0 Å². The van der Waals surface area contributed by atoms with Crippen molar-refractivity contribution in [1.82, 2.24) is 4.90 Å². The molecule has 1 aliphatic heterocycles. The molecule has 0 aliphatic carbocycles. The Balaban J connectivity index is 2.02. The second kappa shape index (κ2) is 5.78. The number of ether oxygens (including phenoxy) is 1. The number of hydrogen-bond acceptors (Lipinski definition) is 5. The largest absolute Gasteiger partial charge is 0.465 e. The lowest BCUT2D eigenvalue weighted by Crippen LogP contribution is -2.37. The van der Waals surface area contributed by atoms with E-state index in [1.165, 1.54) is 29.2 Å². The molecule has 21 heavy (non-hydrogen) atoms. The molecule has 2 atom stereocenters. The van der Waals surface area contributed by atoms with Crippen molar-refractivity contribution in [3.63, 3.8) is 0 Å². The predicted molar refractivity (Wildman–Crippen MR) is 71.1 cm³/mol. The maximum absolute atomic E-state index is 11.9.